The molecule has 0 aromatic heterocycles. The molecule has 0 aliphatic carbocycles. The van der Waals surface area contributed by atoms with Crippen molar-refractivity contribution in [3.8, 4) is 11.5 Å². The van der Waals surface area contributed by atoms with Crippen LogP contribution < -0.4 is 0 Å². The van der Waals surface area contributed by atoms with Gasteiger partial charge >= 0.3 is 0 Å². The fourth-order valence-electron chi connectivity index (χ4n) is 0.464. The molecule has 1 aromatic carbocycles. The molecule has 0 saturated heterocycles. The molecule has 0 aliphatic heterocycles. The maximum atomic E-state index is 8.67. The van der Waals surface area contributed by atoms with Crippen LogP contribution in [0.15, 0.2) is 24.3 Å². The zero-order valence-electron chi connectivity index (χ0n) is 6.20. The summed E-state index contributed by atoms with van der Waals surface area (Å²) in [6.45, 7) is 4.00. The van der Waals surface area contributed by atoms with E-state index in [1.54, 1.807) is 12.1 Å². The molecule has 1 rings (SSSR count). The van der Waals surface area contributed by atoms with E-state index in [-0.39, 0.29) is 11.5 Å². The highest BCUT2D eigenvalue weighted by Gasteiger charge is 1.90. The highest BCUT2D eigenvalue weighted by molar-refractivity contribution is 5.36. The first-order valence-electron chi connectivity index (χ1n) is 3.27. The summed E-state index contributed by atoms with van der Waals surface area (Å²) in [6.07, 6.45) is 0. The molecule has 56 valence electrons. The molecular weight excluding hydrogens is 128 g/mol. The summed E-state index contributed by atoms with van der Waals surface area (Å²) in [6, 6.07) is 6.15. The second-order valence-corrected chi connectivity index (χ2v) is 1.49. The lowest BCUT2D eigenvalue weighted by atomic mass is 10.3. The van der Waals surface area contributed by atoms with Gasteiger partial charge in [-0.1, -0.05) is 26.0 Å². The molecular formula is C8H12O2. The van der Waals surface area contributed by atoms with Crippen LogP contribution in [-0.2, 0) is 0 Å². The summed E-state index contributed by atoms with van der Waals surface area (Å²) in [5.41, 5.74) is 0. The minimum Gasteiger partial charge on any atom is -0.504 e. The molecule has 0 radical (unpaired) electrons. The van der Waals surface area contributed by atoms with Crippen molar-refractivity contribution in [2.24, 2.45) is 0 Å². The predicted molar refractivity (Wildman–Crippen MR) is 41.1 cm³/mol. The van der Waals surface area contributed by atoms with E-state index in [1.807, 2.05) is 13.8 Å². The van der Waals surface area contributed by atoms with Gasteiger partial charge in [0.15, 0.2) is 11.5 Å². The minimum absolute atomic E-state index is 0.0764. The summed E-state index contributed by atoms with van der Waals surface area (Å²) >= 11 is 0. The maximum Gasteiger partial charge on any atom is 0.157 e. The summed E-state index contributed by atoms with van der Waals surface area (Å²) in [5, 5.41) is 17.3. The molecule has 0 bridgehead atoms. The first-order chi connectivity index (χ1) is 4.80. The average Bonchev–Trinajstić information content (AvgIpc) is 2.00. The van der Waals surface area contributed by atoms with Crippen LogP contribution in [0.3, 0.4) is 0 Å². The molecule has 0 unspecified atom stereocenters. The lowest BCUT2D eigenvalue weighted by Crippen LogP contribution is -1.63. The van der Waals surface area contributed by atoms with Gasteiger partial charge in [0.2, 0.25) is 0 Å². The van der Waals surface area contributed by atoms with E-state index in [9.17, 15) is 0 Å². The molecule has 0 spiro atoms. The highest BCUT2D eigenvalue weighted by atomic mass is 16.3. The Morgan fingerprint density at radius 3 is 1.40 bits per heavy atom. The minimum atomic E-state index is -0.0764. The van der Waals surface area contributed by atoms with Gasteiger partial charge in [0.1, 0.15) is 0 Å². The zero-order valence-corrected chi connectivity index (χ0v) is 6.20. The third kappa shape index (κ3) is 2.40. The van der Waals surface area contributed by atoms with Crippen LogP contribution in [0.1, 0.15) is 13.8 Å². The maximum absolute atomic E-state index is 8.67. The third-order valence-corrected chi connectivity index (χ3v) is 0.882. The quantitative estimate of drug-likeness (QED) is 0.542. The van der Waals surface area contributed by atoms with Crippen molar-refractivity contribution in [3.05, 3.63) is 24.3 Å². The van der Waals surface area contributed by atoms with Gasteiger partial charge in [0.25, 0.3) is 0 Å². The molecule has 1 aromatic rings. The molecule has 0 amide bonds. The van der Waals surface area contributed by atoms with E-state index in [1.165, 1.54) is 12.1 Å². The van der Waals surface area contributed by atoms with Gasteiger partial charge in [-0.05, 0) is 12.1 Å². The number of rotatable bonds is 0. The van der Waals surface area contributed by atoms with Gasteiger partial charge in [-0.25, -0.2) is 0 Å². The lowest BCUT2D eigenvalue weighted by Gasteiger charge is -1.91. The second-order valence-electron chi connectivity index (χ2n) is 1.49. The fraction of sp³-hybridized carbons (Fsp3) is 0.250. The van der Waals surface area contributed by atoms with Crippen LogP contribution in [0.25, 0.3) is 0 Å². The summed E-state index contributed by atoms with van der Waals surface area (Å²) in [5.74, 6) is -0.153. The van der Waals surface area contributed by atoms with Crippen LogP contribution in [0.2, 0.25) is 0 Å². The molecule has 0 heterocycles. The second kappa shape index (κ2) is 4.68. The number of benzene rings is 1. The van der Waals surface area contributed by atoms with Crippen molar-refractivity contribution in [1.29, 1.82) is 0 Å². The molecule has 2 nitrogen and oxygen atoms in total. The van der Waals surface area contributed by atoms with Gasteiger partial charge in [-0.3, -0.25) is 0 Å². The smallest absolute Gasteiger partial charge is 0.157 e. The van der Waals surface area contributed by atoms with Crippen molar-refractivity contribution in [1.82, 2.24) is 0 Å². The first-order valence-corrected chi connectivity index (χ1v) is 3.27. The largest absolute Gasteiger partial charge is 0.504 e. The Morgan fingerprint density at radius 2 is 1.20 bits per heavy atom. The normalized spacial score (nSPS) is 7.80. The Bertz CT molecular complexity index is 163. The van der Waals surface area contributed by atoms with Crippen LogP contribution in [-0.4, -0.2) is 10.2 Å². The predicted octanol–water partition coefficient (Wildman–Crippen LogP) is 2.12. The average molecular weight is 140 g/mol. The van der Waals surface area contributed by atoms with E-state index >= 15 is 0 Å². The van der Waals surface area contributed by atoms with Crippen molar-refractivity contribution in [2.45, 2.75) is 13.8 Å². The van der Waals surface area contributed by atoms with E-state index in [0.717, 1.165) is 0 Å². The first kappa shape index (κ1) is 8.82. The van der Waals surface area contributed by atoms with Crippen molar-refractivity contribution in [2.75, 3.05) is 0 Å². The molecule has 0 aliphatic rings. The Balaban J connectivity index is 0.000000371. The summed E-state index contributed by atoms with van der Waals surface area (Å²) < 4.78 is 0. The van der Waals surface area contributed by atoms with Gasteiger partial charge in [0.05, 0.1) is 0 Å². The Morgan fingerprint density at radius 1 is 0.900 bits per heavy atom. The number of phenolic OH excluding ortho intramolecular Hbond substituents is 2. The van der Waals surface area contributed by atoms with Gasteiger partial charge in [-0.15, -0.1) is 0 Å². The number of hydrogen-bond acceptors (Lipinski definition) is 2. The van der Waals surface area contributed by atoms with E-state index in [2.05, 4.69) is 0 Å². The number of para-hydroxylation sites is 2. The SMILES string of the molecule is CC.Oc1ccccc1O. The van der Waals surface area contributed by atoms with Gasteiger partial charge in [-0.2, -0.15) is 0 Å². The molecule has 0 atom stereocenters. The van der Waals surface area contributed by atoms with Crippen LogP contribution in [0, 0.1) is 0 Å². The zero-order chi connectivity index (χ0) is 7.98. The van der Waals surface area contributed by atoms with Crippen LogP contribution >= 0.6 is 0 Å². The van der Waals surface area contributed by atoms with Crippen molar-refractivity contribution < 1.29 is 10.2 Å². The summed E-state index contributed by atoms with van der Waals surface area (Å²) in [7, 11) is 0. The Hall–Kier alpha value is -1.18. The van der Waals surface area contributed by atoms with E-state index in [4.69, 9.17) is 10.2 Å². The third-order valence-electron chi connectivity index (χ3n) is 0.882. The molecule has 0 fully saturated rings. The van der Waals surface area contributed by atoms with Crippen molar-refractivity contribution in [3.63, 3.8) is 0 Å². The monoisotopic (exact) mass is 140 g/mol. The molecule has 2 N–H and O–H groups in total. The number of aromatic hydroxyl groups is 2. The Kier molecular flexibility index (Phi) is 4.12. The molecule has 10 heavy (non-hydrogen) atoms. The molecule has 0 saturated carbocycles. The van der Waals surface area contributed by atoms with E-state index < -0.39 is 0 Å². The number of phenols is 2. The van der Waals surface area contributed by atoms with Crippen LogP contribution in [0.5, 0.6) is 11.5 Å². The van der Waals surface area contributed by atoms with Gasteiger partial charge in [0, 0.05) is 0 Å². The topological polar surface area (TPSA) is 40.5 Å². The van der Waals surface area contributed by atoms with Crippen molar-refractivity contribution >= 4 is 0 Å². The molecule has 2 heteroatoms. The van der Waals surface area contributed by atoms with Crippen LogP contribution in [0.4, 0.5) is 0 Å². The summed E-state index contributed by atoms with van der Waals surface area (Å²) in [4.78, 5) is 0. The van der Waals surface area contributed by atoms with Gasteiger partial charge < -0.3 is 10.2 Å². The highest BCUT2D eigenvalue weighted by Crippen LogP contribution is 2.21. The fourth-order valence-corrected chi connectivity index (χ4v) is 0.464. The number of hydrogen-bond donors (Lipinski definition) is 2. The standard InChI is InChI=1S/C6H6O2.C2H6/c7-5-3-1-2-4-6(5)8;1-2/h1-4,7-8H;1-2H3. The van der Waals surface area contributed by atoms with E-state index in [0.29, 0.717) is 0 Å². The lowest BCUT2D eigenvalue weighted by molar-refractivity contribution is 0.404. The Labute approximate surface area is 60.8 Å².